The zero-order valence-electron chi connectivity index (χ0n) is 12.7. The third kappa shape index (κ3) is 6.53. The molecule has 20 heavy (non-hydrogen) atoms. The van der Waals surface area contributed by atoms with Gasteiger partial charge in [0.25, 0.3) is 0 Å². The normalized spacial score (nSPS) is 12.8. The van der Waals surface area contributed by atoms with Gasteiger partial charge in [0, 0.05) is 18.5 Å². The summed E-state index contributed by atoms with van der Waals surface area (Å²) >= 11 is 0. The highest BCUT2D eigenvalue weighted by molar-refractivity contribution is 5.72. The summed E-state index contributed by atoms with van der Waals surface area (Å²) < 4.78 is 5.47. The largest absolute Gasteiger partial charge is 0.462 e. The predicted molar refractivity (Wildman–Crippen MR) is 82.6 cm³/mol. The van der Waals surface area contributed by atoms with Gasteiger partial charge in [0.15, 0.2) is 0 Å². The van der Waals surface area contributed by atoms with E-state index in [-0.39, 0.29) is 17.6 Å². The summed E-state index contributed by atoms with van der Waals surface area (Å²) in [7, 11) is 0. The van der Waals surface area contributed by atoms with Crippen LogP contribution >= 0.6 is 0 Å². The molecule has 0 saturated heterocycles. The molecule has 0 spiro atoms. The third-order valence-corrected chi connectivity index (χ3v) is 3.05. The van der Waals surface area contributed by atoms with E-state index < -0.39 is 0 Å². The van der Waals surface area contributed by atoms with Crippen LogP contribution in [-0.4, -0.2) is 24.2 Å². The van der Waals surface area contributed by atoms with Crippen LogP contribution in [0.3, 0.4) is 0 Å². The second kappa shape index (κ2) is 7.85. The Morgan fingerprint density at radius 1 is 1.40 bits per heavy atom. The van der Waals surface area contributed by atoms with Gasteiger partial charge in [0.05, 0.1) is 6.42 Å². The summed E-state index contributed by atoms with van der Waals surface area (Å²) in [6.45, 7) is 10.6. The smallest absolute Gasteiger partial charge is 0.310 e. The molecule has 0 amide bonds. The highest BCUT2D eigenvalue weighted by Crippen LogP contribution is 2.14. The van der Waals surface area contributed by atoms with Gasteiger partial charge in [-0.25, -0.2) is 0 Å². The van der Waals surface area contributed by atoms with Crippen LogP contribution in [0.4, 0.5) is 0 Å². The fraction of sp³-hybridized carbons (Fsp3) is 0.471. The molecule has 0 aromatic heterocycles. The lowest BCUT2D eigenvalue weighted by molar-refractivity contribution is -0.148. The van der Waals surface area contributed by atoms with Gasteiger partial charge in [-0.2, -0.15) is 0 Å². The Bertz CT molecular complexity index is 426. The molecule has 0 saturated carbocycles. The Hall–Kier alpha value is -1.61. The first-order valence-corrected chi connectivity index (χ1v) is 7.02. The SMILES string of the molecule is C=CCNC(C)(C)CC(C)OC(=O)Cc1ccccc1. The van der Waals surface area contributed by atoms with Crippen molar-refractivity contribution >= 4 is 5.97 Å². The Kier molecular flexibility index (Phi) is 6.46. The van der Waals surface area contributed by atoms with Crippen molar-refractivity contribution in [3.05, 3.63) is 48.6 Å². The maximum absolute atomic E-state index is 11.9. The standard InChI is InChI=1S/C17H25NO2/c1-5-11-18-17(3,4)13-14(2)20-16(19)12-15-9-7-6-8-10-15/h5-10,14,18H,1,11-13H2,2-4H3. The first-order chi connectivity index (χ1) is 9.43. The van der Waals surface area contributed by atoms with Gasteiger partial charge in [-0.05, 0) is 26.3 Å². The summed E-state index contributed by atoms with van der Waals surface area (Å²) in [4.78, 5) is 11.9. The number of carbonyl (C=O) groups excluding carboxylic acids is 1. The number of benzene rings is 1. The van der Waals surface area contributed by atoms with Crippen molar-refractivity contribution in [3.63, 3.8) is 0 Å². The van der Waals surface area contributed by atoms with E-state index in [9.17, 15) is 4.79 Å². The van der Waals surface area contributed by atoms with Gasteiger partial charge >= 0.3 is 5.97 Å². The van der Waals surface area contributed by atoms with Crippen molar-refractivity contribution in [2.75, 3.05) is 6.54 Å². The van der Waals surface area contributed by atoms with E-state index in [4.69, 9.17) is 4.74 Å². The first kappa shape index (κ1) is 16.4. The molecule has 1 aromatic rings. The van der Waals surface area contributed by atoms with Gasteiger partial charge in [-0.1, -0.05) is 36.4 Å². The quantitative estimate of drug-likeness (QED) is 0.585. The van der Waals surface area contributed by atoms with Crippen LogP contribution in [-0.2, 0) is 16.0 Å². The summed E-state index contributed by atoms with van der Waals surface area (Å²) in [6.07, 6.45) is 2.81. The van der Waals surface area contributed by atoms with Gasteiger partial charge in [0.2, 0.25) is 0 Å². The number of ether oxygens (including phenoxy) is 1. The first-order valence-electron chi connectivity index (χ1n) is 7.02. The topological polar surface area (TPSA) is 38.3 Å². The number of rotatable bonds is 8. The molecule has 3 nitrogen and oxygen atoms in total. The van der Waals surface area contributed by atoms with Crippen LogP contribution in [0.5, 0.6) is 0 Å². The summed E-state index contributed by atoms with van der Waals surface area (Å²) in [5.41, 5.74) is 0.898. The van der Waals surface area contributed by atoms with E-state index >= 15 is 0 Å². The molecular weight excluding hydrogens is 250 g/mol. The molecule has 0 heterocycles. The molecule has 1 rings (SSSR count). The molecule has 0 aliphatic rings. The Balaban J connectivity index is 2.39. The predicted octanol–water partition coefficient (Wildman–Crippen LogP) is 3.11. The van der Waals surface area contributed by atoms with Crippen molar-refractivity contribution in [2.45, 2.75) is 45.3 Å². The average Bonchev–Trinajstić information content (AvgIpc) is 2.36. The van der Waals surface area contributed by atoms with E-state index in [1.54, 1.807) is 0 Å². The number of carbonyl (C=O) groups is 1. The van der Waals surface area contributed by atoms with Crippen LogP contribution in [0.2, 0.25) is 0 Å². The lowest BCUT2D eigenvalue weighted by atomic mass is 9.97. The minimum Gasteiger partial charge on any atom is -0.462 e. The highest BCUT2D eigenvalue weighted by Gasteiger charge is 2.22. The van der Waals surface area contributed by atoms with Crippen molar-refractivity contribution in [1.29, 1.82) is 0 Å². The molecule has 3 heteroatoms. The maximum Gasteiger partial charge on any atom is 0.310 e. The van der Waals surface area contributed by atoms with Gasteiger partial charge in [-0.15, -0.1) is 6.58 Å². The van der Waals surface area contributed by atoms with Crippen molar-refractivity contribution in [1.82, 2.24) is 5.32 Å². The van der Waals surface area contributed by atoms with E-state index in [1.807, 2.05) is 43.3 Å². The second-order valence-corrected chi connectivity index (χ2v) is 5.72. The second-order valence-electron chi connectivity index (χ2n) is 5.72. The number of esters is 1. The number of hydrogen-bond acceptors (Lipinski definition) is 3. The van der Waals surface area contributed by atoms with E-state index in [1.165, 1.54) is 0 Å². The lowest BCUT2D eigenvalue weighted by Crippen LogP contribution is -2.42. The molecule has 1 atom stereocenters. The zero-order chi connectivity index (χ0) is 15.0. The molecule has 0 fully saturated rings. The van der Waals surface area contributed by atoms with Crippen LogP contribution in [0, 0.1) is 0 Å². The Labute approximate surface area is 122 Å². The molecule has 0 aliphatic heterocycles. The number of nitrogens with one attached hydrogen (secondary N) is 1. The molecule has 1 aromatic carbocycles. The van der Waals surface area contributed by atoms with E-state index in [0.717, 1.165) is 18.5 Å². The van der Waals surface area contributed by atoms with Gasteiger partial charge < -0.3 is 10.1 Å². The van der Waals surface area contributed by atoms with Crippen LogP contribution in [0.25, 0.3) is 0 Å². The molecule has 0 aliphatic carbocycles. The van der Waals surface area contributed by atoms with Crippen LogP contribution < -0.4 is 5.32 Å². The molecule has 1 N–H and O–H groups in total. The fourth-order valence-electron chi connectivity index (χ4n) is 2.21. The van der Waals surface area contributed by atoms with Crippen molar-refractivity contribution in [3.8, 4) is 0 Å². The lowest BCUT2D eigenvalue weighted by Gasteiger charge is -2.28. The Morgan fingerprint density at radius 3 is 2.65 bits per heavy atom. The highest BCUT2D eigenvalue weighted by atomic mass is 16.5. The third-order valence-electron chi connectivity index (χ3n) is 3.05. The molecule has 0 bridgehead atoms. The molecular formula is C17H25NO2. The van der Waals surface area contributed by atoms with E-state index in [0.29, 0.717) is 6.42 Å². The maximum atomic E-state index is 11.9. The monoisotopic (exact) mass is 275 g/mol. The summed E-state index contributed by atoms with van der Waals surface area (Å²) in [5, 5.41) is 3.35. The summed E-state index contributed by atoms with van der Waals surface area (Å²) in [5.74, 6) is -0.178. The van der Waals surface area contributed by atoms with E-state index in [2.05, 4.69) is 25.7 Å². The minimum atomic E-state index is -0.178. The van der Waals surface area contributed by atoms with Crippen LogP contribution in [0.1, 0.15) is 32.8 Å². The van der Waals surface area contributed by atoms with Gasteiger partial charge in [0.1, 0.15) is 6.10 Å². The van der Waals surface area contributed by atoms with Gasteiger partial charge in [-0.3, -0.25) is 4.79 Å². The fourth-order valence-corrected chi connectivity index (χ4v) is 2.21. The zero-order valence-corrected chi connectivity index (χ0v) is 12.7. The molecule has 1 unspecified atom stereocenters. The molecule has 0 radical (unpaired) electrons. The van der Waals surface area contributed by atoms with Crippen molar-refractivity contribution in [2.24, 2.45) is 0 Å². The minimum absolute atomic E-state index is 0.0827. The molecule has 110 valence electrons. The Morgan fingerprint density at radius 2 is 2.05 bits per heavy atom. The van der Waals surface area contributed by atoms with Crippen LogP contribution in [0.15, 0.2) is 43.0 Å². The summed E-state index contributed by atoms with van der Waals surface area (Å²) in [6, 6.07) is 9.65. The average molecular weight is 275 g/mol. The number of hydrogen-bond donors (Lipinski definition) is 1. The van der Waals surface area contributed by atoms with Crippen molar-refractivity contribution < 1.29 is 9.53 Å².